The summed E-state index contributed by atoms with van der Waals surface area (Å²) in [5.74, 6) is 0.852. The lowest BCUT2D eigenvalue weighted by Crippen LogP contribution is -1.99. The average molecular weight is 248 g/mol. The van der Waals surface area contributed by atoms with Gasteiger partial charge in [-0.3, -0.25) is 4.68 Å². The van der Waals surface area contributed by atoms with Gasteiger partial charge < -0.3 is 0 Å². The Labute approximate surface area is 105 Å². The molecule has 0 bridgehead atoms. The first-order chi connectivity index (χ1) is 8.31. The molecule has 4 heteroatoms. The number of aromatic nitrogens is 3. The summed E-state index contributed by atoms with van der Waals surface area (Å²) in [7, 11) is 0. The van der Waals surface area contributed by atoms with E-state index in [0.29, 0.717) is 5.15 Å². The smallest absolute Gasteiger partial charge is 0.132 e. The Bertz CT molecular complexity index is 517. The van der Waals surface area contributed by atoms with Crippen LogP contribution in [-0.2, 0) is 13.0 Å². The Kier molecular flexibility index (Phi) is 2.85. The number of hydrogen-bond acceptors (Lipinski definition) is 2. The van der Waals surface area contributed by atoms with Crippen LogP contribution in [0.3, 0.4) is 0 Å². The molecule has 0 aromatic carbocycles. The highest BCUT2D eigenvalue weighted by Crippen LogP contribution is 2.30. The molecule has 88 valence electrons. The first-order valence-electron chi connectivity index (χ1n) is 5.92. The van der Waals surface area contributed by atoms with E-state index in [1.165, 1.54) is 18.4 Å². The van der Waals surface area contributed by atoms with Crippen molar-refractivity contribution in [3.8, 4) is 0 Å². The average Bonchev–Trinajstić information content (AvgIpc) is 3.02. The summed E-state index contributed by atoms with van der Waals surface area (Å²) in [5, 5.41) is 4.96. The maximum atomic E-state index is 6.04. The normalized spacial score (nSPS) is 15.1. The van der Waals surface area contributed by atoms with Gasteiger partial charge in [0.2, 0.25) is 0 Å². The predicted octanol–water partition coefficient (Wildman–Crippen LogP) is 2.93. The molecule has 17 heavy (non-hydrogen) atoms. The van der Waals surface area contributed by atoms with Gasteiger partial charge in [0.25, 0.3) is 0 Å². The molecule has 0 radical (unpaired) electrons. The van der Waals surface area contributed by atoms with Crippen molar-refractivity contribution in [3.05, 3.63) is 47.0 Å². The van der Waals surface area contributed by atoms with Gasteiger partial charge in [0.1, 0.15) is 5.15 Å². The van der Waals surface area contributed by atoms with E-state index in [-0.39, 0.29) is 0 Å². The minimum Gasteiger partial charge on any atom is -0.272 e. The molecule has 0 saturated heterocycles. The monoisotopic (exact) mass is 247 g/mol. The fourth-order valence-electron chi connectivity index (χ4n) is 1.93. The molecule has 1 saturated carbocycles. The lowest BCUT2D eigenvalue weighted by Gasteiger charge is -2.00. The fraction of sp³-hybridized carbons (Fsp3) is 0.385. The van der Waals surface area contributed by atoms with Crippen LogP contribution in [-0.4, -0.2) is 14.8 Å². The minimum atomic E-state index is 0.586. The molecule has 0 N–H and O–H groups in total. The molecule has 2 heterocycles. The zero-order valence-corrected chi connectivity index (χ0v) is 10.3. The Hall–Kier alpha value is -1.35. The summed E-state index contributed by atoms with van der Waals surface area (Å²) >= 11 is 6.04. The third kappa shape index (κ3) is 2.67. The fourth-order valence-corrected chi connectivity index (χ4v) is 2.12. The van der Waals surface area contributed by atoms with E-state index in [0.717, 1.165) is 24.4 Å². The molecule has 0 aliphatic heterocycles. The standard InChI is InChI=1S/C13H14ClN3/c14-13-12(2-1-5-15-13)6-11-7-16-17(9-11)8-10-3-4-10/h1-2,5,7,9-10H,3-4,6,8H2. The van der Waals surface area contributed by atoms with Gasteiger partial charge in [0.05, 0.1) is 6.20 Å². The van der Waals surface area contributed by atoms with Crippen molar-refractivity contribution >= 4 is 11.6 Å². The van der Waals surface area contributed by atoms with Crippen LogP contribution >= 0.6 is 11.6 Å². The van der Waals surface area contributed by atoms with Gasteiger partial charge in [0, 0.05) is 25.4 Å². The summed E-state index contributed by atoms with van der Waals surface area (Å²) in [5.41, 5.74) is 2.25. The van der Waals surface area contributed by atoms with Crippen LogP contribution in [0.5, 0.6) is 0 Å². The molecular formula is C13H14ClN3. The van der Waals surface area contributed by atoms with E-state index < -0.39 is 0 Å². The quantitative estimate of drug-likeness (QED) is 0.778. The maximum Gasteiger partial charge on any atom is 0.132 e. The van der Waals surface area contributed by atoms with E-state index >= 15 is 0 Å². The Morgan fingerprint density at radius 3 is 3.06 bits per heavy atom. The molecule has 1 aliphatic rings. The lowest BCUT2D eigenvalue weighted by molar-refractivity contribution is 0.563. The zero-order chi connectivity index (χ0) is 11.7. The summed E-state index contributed by atoms with van der Waals surface area (Å²) in [6.45, 7) is 1.06. The molecular weight excluding hydrogens is 234 g/mol. The van der Waals surface area contributed by atoms with Gasteiger partial charge in [-0.25, -0.2) is 4.98 Å². The molecule has 0 unspecified atom stereocenters. The van der Waals surface area contributed by atoms with Gasteiger partial charge in [0.15, 0.2) is 0 Å². The number of rotatable bonds is 4. The van der Waals surface area contributed by atoms with Gasteiger partial charge in [-0.2, -0.15) is 5.10 Å². The Morgan fingerprint density at radius 1 is 1.41 bits per heavy atom. The van der Waals surface area contributed by atoms with Crippen molar-refractivity contribution < 1.29 is 0 Å². The second-order valence-electron chi connectivity index (χ2n) is 4.64. The van der Waals surface area contributed by atoms with Gasteiger partial charge >= 0.3 is 0 Å². The van der Waals surface area contributed by atoms with Crippen LogP contribution in [0.2, 0.25) is 5.15 Å². The topological polar surface area (TPSA) is 30.7 Å². The molecule has 0 spiro atoms. The van der Waals surface area contributed by atoms with Crippen LogP contribution in [0.1, 0.15) is 24.0 Å². The molecule has 3 nitrogen and oxygen atoms in total. The van der Waals surface area contributed by atoms with E-state index in [4.69, 9.17) is 11.6 Å². The van der Waals surface area contributed by atoms with Crippen LogP contribution in [0.25, 0.3) is 0 Å². The Morgan fingerprint density at radius 2 is 2.29 bits per heavy atom. The van der Waals surface area contributed by atoms with Gasteiger partial charge in [-0.15, -0.1) is 0 Å². The third-order valence-corrected chi connectivity index (χ3v) is 3.40. The number of halogens is 1. The van der Waals surface area contributed by atoms with Gasteiger partial charge in [-0.05, 0) is 36.0 Å². The third-order valence-electron chi connectivity index (χ3n) is 3.06. The molecule has 2 aromatic rings. The molecule has 0 amide bonds. The maximum absolute atomic E-state index is 6.04. The molecule has 1 aliphatic carbocycles. The minimum absolute atomic E-state index is 0.586. The van der Waals surface area contributed by atoms with Crippen molar-refractivity contribution in [3.63, 3.8) is 0 Å². The number of nitrogens with zero attached hydrogens (tertiary/aromatic N) is 3. The first kappa shape index (κ1) is 10.8. The highest BCUT2D eigenvalue weighted by Gasteiger charge is 2.21. The predicted molar refractivity (Wildman–Crippen MR) is 67.0 cm³/mol. The highest BCUT2D eigenvalue weighted by atomic mass is 35.5. The number of pyridine rings is 1. The molecule has 0 atom stereocenters. The van der Waals surface area contributed by atoms with Crippen LogP contribution in [0.15, 0.2) is 30.7 Å². The summed E-state index contributed by atoms with van der Waals surface area (Å²) in [4.78, 5) is 4.08. The van der Waals surface area contributed by atoms with E-state index in [9.17, 15) is 0 Å². The SMILES string of the molecule is Clc1ncccc1Cc1cnn(CC2CC2)c1. The summed E-state index contributed by atoms with van der Waals surface area (Å²) in [6, 6.07) is 3.92. The highest BCUT2D eigenvalue weighted by molar-refractivity contribution is 6.30. The van der Waals surface area contributed by atoms with Crippen molar-refractivity contribution in [1.29, 1.82) is 0 Å². The van der Waals surface area contributed by atoms with Crippen LogP contribution in [0.4, 0.5) is 0 Å². The summed E-state index contributed by atoms with van der Waals surface area (Å²) < 4.78 is 2.04. The van der Waals surface area contributed by atoms with Crippen molar-refractivity contribution in [2.75, 3.05) is 0 Å². The second-order valence-corrected chi connectivity index (χ2v) is 5.00. The molecule has 3 rings (SSSR count). The number of hydrogen-bond donors (Lipinski definition) is 0. The van der Waals surface area contributed by atoms with Crippen LogP contribution in [0, 0.1) is 5.92 Å². The zero-order valence-electron chi connectivity index (χ0n) is 9.51. The van der Waals surface area contributed by atoms with Crippen molar-refractivity contribution in [2.45, 2.75) is 25.8 Å². The lowest BCUT2D eigenvalue weighted by atomic mass is 10.1. The van der Waals surface area contributed by atoms with E-state index in [2.05, 4.69) is 16.3 Å². The first-order valence-corrected chi connectivity index (χ1v) is 6.30. The largest absolute Gasteiger partial charge is 0.272 e. The second kappa shape index (κ2) is 4.49. The Balaban J connectivity index is 1.72. The van der Waals surface area contributed by atoms with E-state index in [1.807, 2.05) is 23.0 Å². The van der Waals surface area contributed by atoms with Crippen molar-refractivity contribution in [2.24, 2.45) is 5.92 Å². The summed E-state index contributed by atoms with van der Waals surface area (Å²) in [6.07, 6.45) is 9.25. The van der Waals surface area contributed by atoms with Crippen LogP contribution < -0.4 is 0 Å². The van der Waals surface area contributed by atoms with E-state index in [1.54, 1.807) is 6.20 Å². The molecule has 2 aromatic heterocycles. The van der Waals surface area contributed by atoms with Gasteiger partial charge in [-0.1, -0.05) is 17.7 Å². The molecule has 1 fully saturated rings. The van der Waals surface area contributed by atoms with Crippen molar-refractivity contribution in [1.82, 2.24) is 14.8 Å².